The summed E-state index contributed by atoms with van der Waals surface area (Å²) in [5, 5.41) is 8.42. The summed E-state index contributed by atoms with van der Waals surface area (Å²) < 4.78 is 12.5. The summed E-state index contributed by atoms with van der Waals surface area (Å²) in [6.07, 6.45) is 0. The molecule has 1 rings (SSSR count). The number of halogens is 1. The molecule has 0 aliphatic heterocycles. The van der Waals surface area contributed by atoms with Crippen LogP contribution in [0.3, 0.4) is 0 Å². The van der Waals surface area contributed by atoms with Crippen LogP contribution in [0.4, 0.5) is 4.39 Å². The minimum absolute atomic E-state index is 0.102. The van der Waals surface area contributed by atoms with Crippen LogP contribution in [0.25, 0.3) is 0 Å². The van der Waals surface area contributed by atoms with Gasteiger partial charge in [-0.15, -0.1) is 0 Å². The van der Waals surface area contributed by atoms with Gasteiger partial charge in [-0.2, -0.15) is 0 Å². The van der Waals surface area contributed by atoms with Crippen LogP contribution in [0.15, 0.2) is 12.1 Å². The van der Waals surface area contributed by atoms with E-state index in [0.717, 1.165) is 12.1 Å². The molecule has 1 aromatic heterocycles. The number of hydrogen-bond donors (Lipinski definition) is 1. The first-order chi connectivity index (χ1) is 5.11. The highest BCUT2D eigenvalue weighted by Crippen LogP contribution is 2.03. The van der Waals surface area contributed by atoms with E-state index in [1.54, 1.807) is 0 Å². The normalized spacial score (nSPS) is 9.64. The molecule has 58 valence electrons. The first-order valence-corrected chi connectivity index (χ1v) is 2.97. The fourth-order valence-electron chi connectivity index (χ4n) is 0.663. The molecular weight excluding hydrogens is 149 g/mol. The molecule has 0 saturated heterocycles. The average Bonchev–Trinajstić information content (AvgIpc) is 1.94. The SMILES string of the molecule is Cc1nc(C(=O)O)ccc1F. The molecule has 11 heavy (non-hydrogen) atoms. The van der Waals surface area contributed by atoms with Crippen molar-refractivity contribution in [3.63, 3.8) is 0 Å². The van der Waals surface area contributed by atoms with Crippen LogP contribution >= 0.6 is 0 Å². The molecule has 0 spiro atoms. The van der Waals surface area contributed by atoms with E-state index in [0.29, 0.717) is 0 Å². The van der Waals surface area contributed by atoms with Gasteiger partial charge in [-0.05, 0) is 19.1 Å². The Kier molecular flexibility index (Phi) is 1.85. The van der Waals surface area contributed by atoms with E-state index in [9.17, 15) is 9.18 Å². The Morgan fingerprint density at radius 3 is 2.73 bits per heavy atom. The summed E-state index contributed by atoms with van der Waals surface area (Å²) in [5.74, 6) is -1.64. The standard InChI is InChI=1S/C7H6FNO2/c1-4-5(8)2-3-6(9-4)7(10)11/h2-3H,1H3,(H,10,11). The number of aromatic nitrogens is 1. The monoisotopic (exact) mass is 155 g/mol. The molecule has 0 atom stereocenters. The lowest BCUT2D eigenvalue weighted by Gasteiger charge is -1.95. The van der Waals surface area contributed by atoms with Crippen molar-refractivity contribution >= 4 is 5.97 Å². The second-order valence-electron chi connectivity index (χ2n) is 2.07. The number of aromatic carboxylic acids is 1. The smallest absolute Gasteiger partial charge is 0.354 e. The molecule has 0 amide bonds. The minimum atomic E-state index is -1.15. The molecule has 0 aliphatic rings. The quantitative estimate of drug-likeness (QED) is 0.663. The lowest BCUT2D eigenvalue weighted by Crippen LogP contribution is -2.02. The topological polar surface area (TPSA) is 50.2 Å². The molecule has 0 unspecified atom stereocenters. The summed E-state index contributed by atoms with van der Waals surface area (Å²) >= 11 is 0. The van der Waals surface area contributed by atoms with Crippen LogP contribution in [0.2, 0.25) is 0 Å². The van der Waals surface area contributed by atoms with Gasteiger partial charge in [0, 0.05) is 0 Å². The third kappa shape index (κ3) is 1.52. The van der Waals surface area contributed by atoms with Gasteiger partial charge in [-0.1, -0.05) is 0 Å². The molecule has 1 aromatic rings. The number of carbonyl (C=O) groups is 1. The molecule has 1 heterocycles. The highest BCUT2D eigenvalue weighted by molar-refractivity contribution is 5.85. The Hall–Kier alpha value is -1.45. The van der Waals surface area contributed by atoms with Crippen molar-refractivity contribution in [2.45, 2.75) is 6.92 Å². The van der Waals surface area contributed by atoms with Crippen molar-refractivity contribution in [2.24, 2.45) is 0 Å². The van der Waals surface area contributed by atoms with Crippen molar-refractivity contribution < 1.29 is 14.3 Å². The summed E-state index contributed by atoms with van der Waals surface area (Å²) in [5.41, 5.74) is -0.0335. The zero-order valence-electron chi connectivity index (χ0n) is 5.84. The van der Waals surface area contributed by atoms with Crippen LogP contribution in [0.1, 0.15) is 16.2 Å². The fraction of sp³-hybridized carbons (Fsp3) is 0.143. The van der Waals surface area contributed by atoms with E-state index < -0.39 is 11.8 Å². The number of aryl methyl sites for hydroxylation is 1. The second-order valence-corrected chi connectivity index (χ2v) is 2.07. The molecular formula is C7H6FNO2. The van der Waals surface area contributed by atoms with Gasteiger partial charge in [0.2, 0.25) is 0 Å². The number of rotatable bonds is 1. The van der Waals surface area contributed by atoms with Crippen molar-refractivity contribution in [3.8, 4) is 0 Å². The van der Waals surface area contributed by atoms with Crippen LogP contribution < -0.4 is 0 Å². The summed E-state index contributed by atoms with van der Waals surface area (Å²) in [6, 6.07) is 2.22. The van der Waals surface area contributed by atoms with Gasteiger partial charge in [0.25, 0.3) is 0 Å². The Morgan fingerprint density at radius 2 is 2.27 bits per heavy atom. The molecule has 0 fully saturated rings. The molecule has 4 heteroatoms. The maximum absolute atomic E-state index is 12.5. The number of pyridine rings is 1. The van der Waals surface area contributed by atoms with Gasteiger partial charge >= 0.3 is 5.97 Å². The van der Waals surface area contributed by atoms with Gasteiger partial charge in [-0.25, -0.2) is 14.2 Å². The number of carboxylic acid groups (broad SMARTS) is 1. The van der Waals surface area contributed by atoms with E-state index in [-0.39, 0.29) is 11.4 Å². The zero-order chi connectivity index (χ0) is 8.43. The molecule has 0 aromatic carbocycles. The van der Waals surface area contributed by atoms with Gasteiger partial charge < -0.3 is 5.11 Å². The van der Waals surface area contributed by atoms with E-state index in [1.807, 2.05) is 0 Å². The molecule has 0 aliphatic carbocycles. The summed E-state index contributed by atoms with van der Waals surface area (Å²) in [7, 11) is 0. The van der Waals surface area contributed by atoms with E-state index in [4.69, 9.17) is 5.11 Å². The maximum Gasteiger partial charge on any atom is 0.354 e. The predicted molar refractivity (Wildman–Crippen MR) is 35.9 cm³/mol. The maximum atomic E-state index is 12.5. The van der Waals surface area contributed by atoms with Crippen molar-refractivity contribution in [3.05, 3.63) is 29.3 Å². The Morgan fingerprint density at radius 1 is 1.64 bits per heavy atom. The number of hydrogen-bond acceptors (Lipinski definition) is 2. The van der Waals surface area contributed by atoms with E-state index in [2.05, 4.69) is 4.98 Å². The van der Waals surface area contributed by atoms with Crippen LogP contribution in [0, 0.1) is 12.7 Å². The molecule has 3 nitrogen and oxygen atoms in total. The van der Waals surface area contributed by atoms with Crippen molar-refractivity contribution in [2.75, 3.05) is 0 Å². The van der Waals surface area contributed by atoms with Gasteiger partial charge in [0.1, 0.15) is 11.5 Å². The van der Waals surface area contributed by atoms with Gasteiger partial charge in [-0.3, -0.25) is 0 Å². The molecule has 1 N–H and O–H groups in total. The van der Waals surface area contributed by atoms with Crippen LogP contribution in [0.5, 0.6) is 0 Å². The van der Waals surface area contributed by atoms with Gasteiger partial charge in [0.05, 0.1) is 5.69 Å². The third-order valence-corrected chi connectivity index (χ3v) is 1.24. The Bertz CT molecular complexity index is 298. The fourth-order valence-corrected chi connectivity index (χ4v) is 0.663. The van der Waals surface area contributed by atoms with E-state index in [1.165, 1.54) is 6.92 Å². The van der Waals surface area contributed by atoms with E-state index >= 15 is 0 Å². The molecule has 0 saturated carbocycles. The Labute approximate surface area is 62.5 Å². The predicted octanol–water partition coefficient (Wildman–Crippen LogP) is 1.23. The first kappa shape index (κ1) is 7.65. The lowest BCUT2D eigenvalue weighted by atomic mass is 10.3. The lowest BCUT2D eigenvalue weighted by molar-refractivity contribution is 0.0690. The highest BCUT2D eigenvalue weighted by atomic mass is 19.1. The Balaban J connectivity index is 3.15. The van der Waals surface area contributed by atoms with Crippen LogP contribution in [-0.2, 0) is 0 Å². The van der Waals surface area contributed by atoms with Gasteiger partial charge in [0.15, 0.2) is 0 Å². The average molecular weight is 155 g/mol. The second kappa shape index (κ2) is 2.65. The zero-order valence-corrected chi connectivity index (χ0v) is 5.84. The number of carboxylic acids is 1. The highest BCUT2D eigenvalue weighted by Gasteiger charge is 2.05. The van der Waals surface area contributed by atoms with Crippen LogP contribution in [-0.4, -0.2) is 16.1 Å². The van der Waals surface area contributed by atoms with Crippen molar-refractivity contribution in [1.82, 2.24) is 4.98 Å². The summed E-state index contributed by atoms with van der Waals surface area (Å²) in [6.45, 7) is 1.42. The first-order valence-electron chi connectivity index (χ1n) is 2.97. The largest absolute Gasteiger partial charge is 0.477 e. The number of nitrogens with zero attached hydrogens (tertiary/aromatic N) is 1. The third-order valence-electron chi connectivity index (χ3n) is 1.24. The summed E-state index contributed by atoms with van der Waals surface area (Å²) in [4.78, 5) is 13.8. The van der Waals surface area contributed by atoms with Crippen molar-refractivity contribution in [1.29, 1.82) is 0 Å². The molecule has 0 radical (unpaired) electrons. The molecule has 0 bridgehead atoms. The minimum Gasteiger partial charge on any atom is -0.477 e.